The van der Waals surface area contributed by atoms with Gasteiger partial charge in [0.1, 0.15) is 4.32 Å². The third-order valence-electron chi connectivity index (χ3n) is 1.88. The topological polar surface area (TPSA) is 26.0 Å². The number of hydrogen-bond donors (Lipinski definition) is 2. The molecule has 0 heterocycles. The molecule has 4 heteroatoms. The van der Waals surface area contributed by atoms with Crippen LogP contribution in [0.2, 0.25) is 0 Å². The van der Waals surface area contributed by atoms with Gasteiger partial charge in [-0.25, -0.2) is 0 Å². The summed E-state index contributed by atoms with van der Waals surface area (Å²) in [6.45, 7) is 0. The number of nitrogens with two attached hydrogens (primary N) is 1. The van der Waals surface area contributed by atoms with E-state index in [1.54, 1.807) is 0 Å². The second-order valence-electron chi connectivity index (χ2n) is 3.07. The van der Waals surface area contributed by atoms with E-state index < -0.39 is 0 Å². The van der Waals surface area contributed by atoms with Crippen molar-refractivity contribution in [2.45, 2.75) is 0 Å². The number of thiol groups is 1. The number of rotatable bonds is 1. The van der Waals surface area contributed by atoms with Crippen LogP contribution in [-0.2, 0) is 0 Å². The van der Waals surface area contributed by atoms with Gasteiger partial charge in [-0.2, -0.15) is 0 Å². The normalized spacial score (nSPS) is 8.29. The Bertz CT molecular complexity index is 390. The molecule has 0 aliphatic rings. The van der Waals surface area contributed by atoms with Crippen molar-refractivity contribution >= 4 is 66.9 Å². The molecule has 0 saturated carbocycles. The first kappa shape index (κ1) is 16.9. The molecule has 0 spiro atoms. The van der Waals surface area contributed by atoms with Gasteiger partial charge in [0.2, 0.25) is 0 Å². The quantitative estimate of drug-likeness (QED) is 0.479. The molecule has 84 valence electrons. The van der Waals surface area contributed by atoms with Crippen LogP contribution in [0.25, 0.3) is 11.1 Å². The smallest absolute Gasteiger partial charge is 0.128 e. The summed E-state index contributed by atoms with van der Waals surface area (Å²) in [6.07, 6.45) is 0. The van der Waals surface area contributed by atoms with Gasteiger partial charge in [0.15, 0.2) is 0 Å². The Hall–Kier alpha value is -0.0603. The van der Waals surface area contributed by atoms with Crippen molar-refractivity contribution in [2.75, 3.05) is 0 Å². The van der Waals surface area contributed by atoms with Crippen LogP contribution in [0.4, 0.5) is 0 Å². The molecule has 1 nitrogen and oxygen atoms in total. The Morgan fingerprint density at radius 1 is 0.824 bits per heavy atom. The van der Waals surface area contributed by atoms with E-state index in [1.165, 1.54) is 11.1 Å². The third-order valence-corrected chi connectivity index (χ3v) is 1.88. The average Bonchev–Trinajstić information content (AvgIpc) is 2.31. The fraction of sp³-hybridized carbons (Fsp3) is 0. The van der Waals surface area contributed by atoms with Gasteiger partial charge in [-0.3, -0.25) is 0 Å². The van der Waals surface area contributed by atoms with Crippen LogP contribution in [0, 0.1) is 0 Å². The van der Waals surface area contributed by atoms with Gasteiger partial charge < -0.3 is 5.73 Å². The van der Waals surface area contributed by atoms with Crippen LogP contribution >= 0.6 is 24.8 Å². The first-order valence-electron chi connectivity index (χ1n) is 4.79. The summed E-state index contributed by atoms with van der Waals surface area (Å²) in [6, 6.07) is 20.8. The predicted octanol–water partition coefficient (Wildman–Crippen LogP) is 3.13. The Morgan fingerprint density at radius 2 is 1.06 bits per heavy atom. The summed E-state index contributed by atoms with van der Waals surface area (Å²) in [7, 11) is 0. The fourth-order valence-electron chi connectivity index (χ4n) is 1.26. The Labute approximate surface area is 143 Å². The number of hydrogen-bond acceptors (Lipinski definition) is 1. The molecule has 0 fully saturated rings. The van der Waals surface area contributed by atoms with Crippen molar-refractivity contribution < 1.29 is 0 Å². The van der Waals surface area contributed by atoms with Crippen molar-refractivity contribution in [3.05, 3.63) is 60.7 Å². The van der Waals surface area contributed by atoms with E-state index in [1.807, 2.05) is 12.1 Å². The zero-order valence-electron chi connectivity index (χ0n) is 9.41. The molecule has 2 rings (SSSR count). The fourth-order valence-corrected chi connectivity index (χ4v) is 1.26. The number of thiocarbonyl (C=S) groups is 1. The standard InChI is InChI=1S/C12H10.CH3NS2.Ca/c1-3-7-11(8-4-1)12-9-5-2-6-10-12;2-1(3)4;/h1-10H;(H3,2,3,4);. The Balaban J connectivity index is 0.000000453. The van der Waals surface area contributed by atoms with Crippen molar-refractivity contribution in [3.8, 4) is 11.1 Å². The zero-order valence-corrected chi connectivity index (χ0v) is 13.3. The van der Waals surface area contributed by atoms with Gasteiger partial charge >= 0.3 is 0 Å². The van der Waals surface area contributed by atoms with E-state index in [-0.39, 0.29) is 42.1 Å². The van der Waals surface area contributed by atoms with Gasteiger partial charge in [0.05, 0.1) is 0 Å². The number of benzene rings is 2. The van der Waals surface area contributed by atoms with Gasteiger partial charge in [-0.1, -0.05) is 72.9 Å². The minimum absolute atomic E-state index is 0. The largest absolute Gasteiger partial charge is 0.385 e. The van der Waals surface area contributed by atoms with E-state index >= 15 is 0 Å². The summed E-state index contributed by atoms with van der Waals surface area (Å²) in [4.78, 5) is 0. The van der Waals surface area contributed by atoms with Crippen molar-refractivity contribution in [1.82, 2.24) is 0 Å². The molecule has 2 aromatic carbocycles. The van der Waals surface area contributed by atoms with Gasteiger partial charge in [-0.15, -0.1) is 12.6 Å². The van der Waals surface area contributed by atoms with Gasteiger partial charge in [0, 0.05) is 37.7 Å². The van der Waals surface area contributed by atoms with Crippen LogP contribution in [0.15, 0.2) is 60.7 Å². The predicted molar refractivity (Wildman–Crippen MR) is 83.4 cm³/mol. The first-order valence-corrected chi connectivity index (χ1v) is 5.64. The van der Waals surface area contributed by atoms with E-state index in [2.05, 4.69) is 73.4 Å². The molecule has 0 bridgehead atoms. The first-order chi connectivity index (χ1) is 7.70. The molecule has 0 saturated heterocycles. The zero-order chi connectivity index (χ0) is 11.8. The second kappa shape index (κ2) is 9.92. The van der Waals surface area contributed by atoms with Crippen LogP contribution in [-0.4, -0.2) is 42.1 Å². The molecule has 0 aliphatic heterocycles. The molecule has 0 amide bonds. The molecule has 0 aliphatic carbocycles. The van der Waals surface area contributed by atoms with Crippen LogP contribution in [0.5, 0.6) is 0 Å². The van der Waals surface area contributed by atoms with Crippen LogP contribution in [0.3, 0.4) is 0 Å². The molecule has 2 radical (unpaired) electrons. The Kier molecular flexibility index (Phi) is 9.88. The van der Waals surface area contributed by atoms with Gasteiger partial charge in [0.25, 0.3) is 0 Å². The van der Waals surface area contributed by atoms with Crippen LogP contribution < -0.4 is 5.73 Å². The van der Waals surface area contributed by atoms with Crippen molar-refractivity contribution in [2.24, 2.45) is 5.73 Å². The molecule has 0 unspecified atom stereocenters. The SMILES string of the molecule is NC(=S)S.[Ca].c1ccc(-c2ccccc2)cc1. The van der Waals surface area contributed by atoms with E-state index in [0.717, 1.165) is 0 Å². The maximum absolute atomic E-state index is 4.71. The maximum atomic E-state index is 4.71. The molecular formula is C13H13CaNS2. The summed E-state index contributed by atoms with van der Waals surface area (Å²) in [5.74, 6) is 0. The average molecular weight is 287 g/mol. The monoisotopic (exact) mass is 287 g/mol. The minimum atomic E-state index is 0. The summed E-state index contributed by atoms with van der Waals surface area (Å²) in [5.41, 5.74) is 7.26. The Morgan fingerprint density at radius 3 is 1.29 bits per heavy atom. The van der Waals surface area contributed by atoms with Crippen molar-refractivity contribution in [1.29, 1.82) is 0 Å². The third kappa shape index (κ3) is 7.79. The second-order valence-corrected chi connectivity index (χ2v) is 4.29. The molecule has 0 atom stereocenters. The van der Waals surface area contributed by atoms with E-state index in [9.17, 15) is 0 Å². The summed E-state index contributed by atoms with van der Waals surface area (Å²) < 4.78 is 0.194. The maximum Gasteiger partial charge on any atom is 0.128 e. The summed E-state index contributed by atoms with van der Waals surface area (Å²) in [5, 5.41) is 0. The molecule has 17 heavy (non-hydrogen) atoms. The van der Waals surface area contributed by atoms with E-state index in [0.29, 0.717) is 0 Å². The molecule has 2 N–H and O–H groups in total. The molecule has 0 aromatic heterocycles. The molecular weight excluding hydrogens is 274 g/mol. The van der Waals surface area contributed by atoms with E-state index in [4.69, 9.17) is 5.73 Å². The summed E-state index contributed by atoms with van der Waals surface area (Å²) >= 11 is 7.65. The van der Waals surface area contributed by atoms with Crippen molar-refractivity contribution in [3.63, 3.8) is 0 Å². The van der Waals surface area contributed by atoms with Crippen LogP contribution in [0.1, 0.15) is 0 Å². The minimum Gasteiger partial charge on any atom is -0.385 e. The molecule has 2 aromatic rings. The van der Waals surface area contributed by atoms with Gasteiger partial charge in [-0.05, 0) is 11.1 Å².